The van der Waals surface area contributed by atoms with Gasteiger partial charge in [-0.3, -0.25) is 0 Å². The van der Waals surface area contributed by atoms with Gasteiger partial charge in [-0.2, -0.15) is 0 Å². The zero-order valence-electron chi connectivity index (χ0n) is 12.5. The van der Waals surface area contributed by atoms with Crippen LogP contribution in [0.1, 0.15) is 43.7 Å². The number of nitrogens with zero attached hydrogens (tertiary/aromatic N) is 1. The molecule has 0 saturated carbocycles. The van der Waals surface area contributed by atoms with E-state index in [1.807, 2.05) is 0 Å². The summed E-state index contributed by atoms with van der Waals surface area (Å²) < 4.78 is 0. The molecule has 0 spiro atoms. The Morgan fingerprint density at radius 3 is 2.47 bits per heavy atom. The van der Waals surface area contributed by atoms with Gasteiger partial charge in [-0.1, -0.05) is 38.1 Å². The summed E-state index contributed by atoms with van der Waals surface area (Å²) in [5.74, 6) is 0.689. The first-order chi connectivity index (χ1) is 9.29. The van der Waals surface area contributed by atoms with Crippen LogP contribution >= 0.6 is 0 Å². The van der Waals surface area contributed by atoms with Gasteiger partial charge in [0.1, 0.15) is 0 Å². The second kappa shape index (κ2) is 7.66. The van der Waals surface area contributed by atoms with E-state index < -0.39 is 0 Å². The highest BCUT2D eigenvalue weighted by Gasteiger charge is 2.10. The molecule has 2 heteroatoms. The van der Waals surface area contributed by atoms with Gasteiger partial charge < -0.3 is 10.2 Å². The molecule has 1 aromatic rings. The van der Waals surface area contributed by atoms with Gasteiger partial charge in [0.2, 0.25) is 0 Å². The van der Waals surface area contributed by atoms with Crippen molar-refractivity contribution >= 4 is 0 Å². The van der Waals surface area contributed by atoms with Crippen LogP contribution in [0.15, 0.2) is 24.3 Å². The van der Waals surface area contributed by atoms with Crippen molar-refractivity contribution in [2.45, 2.75) is 39.0 Å². The Balaban J connectivity index is 1.72. The van der Waals surface area contributed by atoms with Gasteiger partial charge in [-0.05, 0) is 42.9 Å². The molecule has 1 atom stereocenters. The molecule has 1 N–H and O–H groups in total. The molecule has 1 aromatic carbocycles. The third-order valence-corrected chi connectivity index (χ3v) is 4.28. The standard InChI is InChI=1S/C17H28N2/c1-3-16-6-8-17(9-7-16)15(2)5-4-12-19-13-10-18-11-14-19/h6-9,15,18H,3-5,10-14H2,1-2H3. The molecule has 2 nitrogen and oxygen atoms in total. The Kier molecular flexibility index (Phi) is 5.87. The van der Waals surface area contributed by atoms with E-state index in [1.54, 1.807) is 0 Å². The molecule has 0 bridgehead atoms. The summed E-state index contributed by atoms with van der Waals surface area (Å²) in [5.41, 5.74) is 2.94. The summed E-state index contributed by atoms with van der Waals surface area (Å²) in [7, 11) is 0. The molecule has 1 aliphatic rings. The van der Waals surface area contributed by atoms with E-state index in [-0.39, 0.29) is 0 Å². The molecular formula is C17H28N2. The van der Waals surface area contributed by atoms with E-state index >= 15 is 0 Å². The minimum absolute atomic E-state index is 0.689. The van der Waals surface area contributed by atoms with Gasteiger partial charge in [0, 0.05) is 26.2 Å². The van der Waals surface area contributed by atoms with Crippen molar-refractivity contribution in [2.24, 2.45) is 0 Å². The molecule has 1 fully saturated rings. The second-order valence-electron chi connectivity index (χ2n) is 5.73. The summed E-state index contributed by atoms with van der Waals surface area (Å²) in [6.07, 6.45) is 3.75. The highest BCUT2D eigenvalue weighted by molar-refractivity contribution is 5.24. The molecule has 106 valence electrons. The van der Waals surface area contributed by atoms with Crippen LogP contribution < -0.4 is 5.32 Å². The normalized spacial score (nSPS) is 18.4. The van der Waals surface area contributed by atoms with Crippen LogP contribution in [0.2, 0.25) is 0 Å². The van der Waals surface area contributed by atoms with Crippen LogP contribution in [0.4, 0.5) is 0 Å². The van der Waals surface area contributed by atoms with E-state index in [9.17, 15) is 0 Å². The maximum atomic E-state index is 3.41. The van der Waals surface area contributed by atoms with Crippen molar-refractivity contribution in [1.29, 1.82) is 0 Å². The van der Waals surface area contributed by atoms with Crippen LogP contribution in [0, 0.1) is 0 Å². The molecule has 0 aliphatic carbocycles. The summed E-state index contributed by atoms with van der Waals surface area (Å²) in [4.78, 5) is 2.59. The number of benzene rings is 1. The van der Waals surface area contributed by atoms with Gasteiger partial charge >= 0.3 is 0 Å². The van der Waals surface area contributed by atoms with Gasteiger partial charge in [0.25, 0.3) is 0 Å². The highest BCUT2D eigenvalue weighted by atomic mass is 15.2. The van der Waals surface area contributed by atoms with Crippen LogP contribution in [0.3, 0.4) is 0 Å². The molecule has 1 heterocycles. The number of hydrogen-bond donors (Lipinski definition) is 1. The quantitative estimate of drug-likeness (QED) is 0.846. The Labute approximate surface area is 118 Å². The Hall–Kier alpha value is -0.860. The van der Waals surface area contributed by atoms with Crippen LogP contribution in [0.25, 0.3) is 0 Å². The Morgan fingerprint density at radius 1 is 1.16 bits per heavy atom. The van der Waals surface area contributed by atoms with Gasteiger partial charge in [0.15, 0.2) is 0 Å². The highest BCUT2D eigenvalue weighted by Crippen LogP contribution is 2.21. The van der Waals surface area contributed by atoms with Crippen LogP contribution in [-0.2, 0) is 6.42 Å². The lowest BCUT2D eigenvalue weighted by Gasteiger charge is -2.27. The SMILES string of the molecule is CCc1ccc(C(C)CCCN2CCNCC2)cc1. The predicted octanol–water partition coefficient (Wildman–Crippen LogP) is 3.04. The number of nitrogens with one attached hydrogen (secondary N) is 1. The number of aryl methyl sites for hydroxylation is 1. The summed E-state index contributed by atoms with van der Waals surface area (Å²) in [6.45, 7) is 10.6. The topological polar surface area (TPSA) is 15.3 Å². The van der Waals surface area contributed by atoms with Crippen molar-refractivity contribution in [1.82, 2.24) is 10.2 Å². The van der Waals surface area contributed by atoms with Crippen LogP contribution in [0.5, 0.6) is 0 Å². The smallest absolute Gasteiger partial charge is 0.0107 e. The average Bonchev–Trinajstić information content (AvgIpc) is 2.48. The molecule has 2 rings (SSSR count). The van der Waals surface area contributed by atoms with Crippen LogP contribution in [-0.4, -0.2) is 37.6 Å². The van der Waals surface area contributed by atoms with E-state index in [2.05, 4.69) is 48.3 Å². The molecule has 1 unspecified atom stereocenters. The third-order valence-electron chi connectivity index (χ3n) is 4.28. The monoisotopic (exact) mass is 260 g/mol. The molecule has 1 saturated heterocycles. The van der Waals surface area contributed by atoms with Crippen molar-refractivity contribution < 1.29 is 0 Å². The average molecular weight is 260 g/mol. The maximum Gasteiger partial charge on any atom is 0.0107 e. The van der Waals surface area contributed by atoms with Gasteiger partial charge in [0.05, 0.1) is 0 Å². The van der Waals surface area contributed by atoms with E-state index in [0.717, 1.165) is 19.5 Å². The van der Waals surface area contributed by atoms with Gasteiger partial charge in [-0.25, -0.2) is 0 Å². The first-order valence-electron chi connectivity index (χ1n) is 7.81. The molecule has 19 heavy (non-hydrogen) atoms. The second-order valence-corrected chi connectivity index (χ2v) is 5.73. The van der Waals surface area contributed by atoms with Crippen molar-refractivity contribution in [3.05, 3.63) is 35.4 Å². The Morgan fingerprint density at radius 2 is 1.84 bits per heavy atom. The lowest BCUT2D eigenvalue weighted by molar-refractivity contribution is 0.235. The predicted molar refractivity (Wildman–Crippen MR) is 82.8 cm³/mol. The molecular weight excluding hydrogens is 232 g/mol. The number of rotatable bonds is 6. The van der Waals surface area contributed by atoms with E-state index in [0.29, 0.717) is 5.92 Å². The maximum absolute atomic E-state index is 3.41. The largest absolute Gasteiger partial charge is 0.314 e. The molecule has 1 aliphatic heterocycles. The number of hydrogen-bond acceptors (Lipinski definition) is 2. The summed E-state index contributed by atoms with van der Waals surface area (Å²) in [5, 5.41) is 3.41. The summed E-state index contributed by atoms with van der Waals surface area (Å²) >= 11 is 0. The Bertz CT molecular complexity index is 352. The molecule has 0 amide bonds. The lowest BCUT2D eigenvalue weighted by atomic mass is 9.95. The first-order valence-corrected chi connectivity index (χ1v) is 7.81. The van der Waals surface area contributed by atoms with E-state index in [4.69, 9.17) is 0 Å². The fourth-order valence-corrected chi connectivity index (χ4v) is 2.80. The number of piperazine rings is 1. The molecule has 0 aromatic heterocycles. The first kappa shape index (κ1) is 14.5. The summed E-state index contributed by atoms with van der Waals surface area (Å²) in [6, 6.07) is 9.19. The lowest BCUT2D eigenvalue weighted by Crippen LogP contribution is -2.43. The van der Waals surface area contributed by atoms with E-state index in [1.165, 1.54) is 43.6 Å². The zero-order chi connectivity index (χ0) is 13.5. The minimum Gasteiger partial charge on any atom is -0.314 e. The fraction of sp³-hybridized carbons (Fsp3) is 0.647. The third kappa shape index (κ3) is 4.63. The zero-order valence-corrected chi connectivity index (χ0v) is 12.5. The van der Waals surface area contributed by atoms with Crippen molar-refractivity contribution in [3.63, 3.8) is 0 Å². The van der Waals surface area contributed by atoms with Crippen molar-refractivity contribution in [3.8, 4) is 0 Å². The minimum atomic E-state index is 0.689. The fourth-order valence-electron chi connectivity index (χ4n) is 2.80. The molecule has 0 radical (unpaired) electrons. The van der Waals surface area contributed by atoms with Crippen molar-refractivity contribution in [2.75, 3.05) is 32.7 Å². The van der Waals surface area contributed by atoms with Gasteiger partial charge in [-0.15, -0.1) is 0 Å².